The molecule has 1 heterocycles. The highest BCUT2D eigenvalue weighted by Gasteiger charge is 2.15. The van der Waals surface area contributed by atoms with Crippen LogP contribution in [0.5, 0.6) is 0 Å². The van der Waals surface area contributed by atoms with Gasteiger partial charge in [0, 0.05) is 9.35 Å². The van der Waals surface area contributed by atoms with Crippen molar-refractivity contribution in [3.8, 4) is 0 Å². The van der Waals surface area contributed by atoms with E-state index in [2.05, 4.69) is 39.6 Å². The molecule has 0 aliphatic carbocycles. The Morgan fingerprint density at radius 3 is 2.71 bits per heavy atom. The van der Waals surface area contributed by atoms with Gasteiger partial charge >= 0.3 is 0 Å². The van der Waals surface area contributed by atoms with Crippen molar-refractivity contribution in [3.63, 3.8) is 0 Å². The standard InChI is InChI=1S/C17H21BrFNS/c1-2-8-20-12-13(11-17-15(18)7-9-21-17)10-14-5-3-4-6-16(14)19/h3-7,9,13,20H,2,8,10-12H2,1H3. The molecule has 4 heteroatoms. The molecule has 1 aromatic heterocycles. The van der Waals surface area contributed by atoms with E-state index in [1.807, 2.05) is 12.1 Å². The van der Waals surface area contributed by atoms with E-state index in [1.54, 1.807) is 23.5 Å². The third-order valence-electron chi connectivity index (χ3n) is 3.49. The van der Waals surface area contributed by atoms with Crippen LogP contribution in [-0.4, -0.2) is 13.1 Å². The largest absolute Gasteiger partial charge is 0.316 e. The molecule has 1 aromatic carbocycles. The summed E-state index contributed by atoms with van der Waals surface area (Å²) in [7, 11) is 0. The Hall–Kier alpha value is -0.710. The summed E-state index contributed by atoms with van der Waals surface area (Å²) in [6, 6.07) is 9.19. The van der Waals surface area contributed by atoms with E-state index in [4.69, 9.17) is 0 Å². The maximum absolute atomic E-state index is 13.9. The number of benzene rings is 1. The first-order valence-electron chi connectivity index (χ1n) is 7.36. The Morgan fingerprint density at radius 2 is 2.05 bits per heavy atom. The topological polar surface area (TPSA) is 12.0 Å². The van der Waals surface area contributed by atoms with Gasteiger partial charge in [-0.05, 0) is 77.3 Å². The smallest absolute Gasteiger partial charge is 0.126 e. The van der Waals surface area contributed by atoms with Gasteiger partial charge < -0.3 is 5.32 Å². The lowest BCUT2D eigenvalue weighted by atomic mass is 9.95. The van der Waals surface area contributed by atoms with Gasteiger partial charge in [-0.15, -0.1) is 11.3 Å². The summed E-state index contributed by atoms with van der Waals surface area (Å²) in [5.74, 6) is 0.312. The molecule has 0 aliphatic heterocycles. The number of hydrogen-bond acceptors (Lipinski definition) is 2. The van der Waals surface area contributed by atoms with E-state index in [0.29, 0.717) is 5.92 Å². The Bertz CT molecular complexity index is 555. The van der Waals surface area contributed by atoms with Crippen LogP contribution >= 0.6 is 27.3 Å². The van der Waals surface area contributed by atoms with Crippen molar-refractivity contribution in [3.05, 3.63) is 56.4 Å². The Balaban J connectivity index is 2.04. The summed E-state index contributed by atoms with van der Waals surface area (Å²) in [6.07, 6.45) is 2.87. The molecule has 0 amide bonds. The molecule has 0 bridgehead atoms. The third-order valence-corrected chi connectivity index (χ3v) is 5.44. The summed E-state index contributed by atoms with van der Waals surface area (Å²) in [6.45, 7) is 4.10. The molecular weight excluding hydrogens is 349 g/mol. The average molecular weight is 370 g/mol. The Kier molecular flexibility index (Phi) is 6.87. The van der Waals surface area contributed by atoms with E-state index >= 15 is 0 Å². The molecule has 21 heavy (non-hydrogen) atoms. The van der Waals surface area contributed by atoms with Crippen LogP contribution in [-0.2, 0) is 12.8 Å². The monoisotopic (exact) mass is 369 g/mol. The van der Waals surface area contributed by atoms with Crippen molar-refractivity contribution in [2.24, 2.45) is 5.92 Å². The second-order valence-electron chi connectivity index (χ2n) is 5.26. The van der Waals surface area contributed by atoms with Crippen LogP contribution in [0.4, 0.5) is 4.39 Å². The summed E-state index contributed by atoms with van der Waals surface area (Å²) in [5, 5.41) is 5.57. The molecule has 0 aliphatic rings. The summed E-state index contributed by atoms with van der Waals surface area (Å²) in [5.41, 5.74) is 0.813. The van der Waals surface area contributed by atoms with Crippen LogP contribution < -0.4 is 5.32 Å². The molecular formula is C17H21BrFNS. The van der Waals surface area contributed by atoms with Gasteiger partial charge in [0.25, 0.3) is 0 Å². The molecule has 0 radical (unpaired) electrons. The fourth-order valence-electron chi connectivity index (χ4n) is 2.41. The summed E-state index contributed by atoms with van der Waals surface area (Å²) >= 11 is 5.36. The molecule has 0 saturated carbocycles. The highest BCUT2D eigenvalue weighted by molar-refractivity contribution is 9.10. The van der Waals surface area contributed by atoms with Crippen molar-refractivity contribution < 1.29 is 4.39 Å². The normalized spacial score (nSPS) is 12.5. The minimum atomic E-state index is -0.0942. The lowest BCUT2D eigenvalue weighted by Gasteiger charge is -2.18. The van der Waals surface area contributed by atoms with Gasteiger partial charge in [0.15, 0.2) is 0 Å². The summed E-state index contributed by atoms with van der Waals surface area (Å²) in [4.78, 5) is 1.34. The van der Waals surface area contributed by atoms with Crippen molar-refractivity contribution in [2.45, 2.75) is 26.2 Å². The number of hydrogen-bond donors (Lipinski definition) is 1. The molecule has 1 unspecified atom stereocenters. The molecule has 0 spiro atoms. The Labute approximate surface area is 138 Å². The lowest BCUT2D eigenvalue weighted by molar-refractivity contribution is 0.463. The Morgan fingerprint density at radius 1 is 1.24 bits per heavy atom. The minimum Gasteiger partial charge on any atom is -0.316 e. The first-order chi connectivity index (χ1) is 10.2. The molecule has 0 fully saturated rings. The molecule has 0 saturated heterocycles. The lowest BCUT2D eigenvalue weighted by Crippen LogP contribution is -2.26. The van der Waals surface area contributed by atoms with E-state index in [9.17, 15) is 4.39 Å². The van der Waals surface area contributed by atoms with E-state index < -0.39 is 0 Å². The van der Waals surface area contributed by atoms with E-state index in [1.165, 1.54) is 9.35 Å². The van der Waals surface area contributed by atoms with Crippen LogP contribution in [0.3, 0.4) is 0 Å². The molecule has 1 N–H and O–H groups in total. The number of nitrogens with one attached hydrogen (secondary N) is 1. The molecule has 1 nitrogen and oxygen atoms in total. The number of halogens is 2. The van der Waals surface area contributed by atoms with Gasteiger partial charge in [-0.25, -0.2) is 4.39 Å². The zero-order valence-corrected chi connectivity index (χ0v) is 14.6. The molecule has 2 rings (SSSR count). The van der Waals surface area contributed by atoms with Gasteiger partial charge in [0.2, 0.25) is 0 Å². The van der Waals surface area contributed by atoms with Gasteiger partial charge in [0.1, 0.15) is 5.82 Å². The fraction of sp³-hybridized carbons (Fsp3) is 0.412. The third kappa shape index (κ3) is 5.20. The fourth-order valence-corrected chi connectivity index (χ4v) is 4.04. The van der Waals surface area contributed by atoms with E-state index in [-0.39, 0.29) is 5.82 Å². The zero-order chi connectivity index (χ0) is 15.1. The predicted molar refractivity (Wildman–Crippen MR) is 92.5 cm³/mol. The SMILES string of the molecule is CCCNCC(Cc1ccccc1F)Cc1sccc1Br. The van der Waals surface area contributed by atoms with Crippen LogP contribution in [0.1, 0.15) is 23.8 Å². The maximum atomic E-state index is 13.9. The van der Waals surface area contributed by atoms with Gasteiger partial charge in [-0.3, -0.25) is 0 Å². The first kappa shape index (κ1) is 16.7. The van der Waals surface area contributed by atoms with Crippen LogP contribution in [0.25, 0.3) is 0 Å². The first-order valence-corrected chi connectivity index (χ1v) is 9.04. The maximum Gasteiger partial charge on any atom is 0.126 e. The zero-order valence-electron chi connectivity index (χ0n) is 12.2. The van der Waals surface area contributed by atoms with Crippen molar-refractivity contribution in [2.75, 3.05) is 13.1 Å². The van der Waals surface area contributed by atoms with Gasteiger partial charge in [-0.1, -0.05) is 25.1 Å². The van der Waals surface area contributed by atoms with Crippen LogP contribution in [0, 0.1) is 11.7 Å². The number of thiophene rings is 1. The molecule has 1 atom stereocenters. The highest BCUT2D eigenvalue weighted by atomic mass is 79.9. The highest BCUT2D eigenvalue weighted by Crippen LogP contribution is 2.27. The molecule has 114 valence electrons. The number of rotatable bonds is 8. The minimum absolute atomic E-state index is 0.0942. The van der Waals surface area contributed by atoms with Crippen LogP contribution in [0.15, 0.2) is 40.2 Å². The van der Waals surface area contributed by atoms with Crippen molar-refractivity contribution in [1.82, 2.24) is 5.32 Å². The summed E-state index contributed by atoms with van der Waals surface area (Å²) < 4.78 is 15.0. The second kappa shape index (κ2) is 8.66. The molecule has 2 aromatic rings. The van der Waals surface area contributed by atoms with Gasteiger partial charge in [0.05, 0.1) is 0 Å². The second-order valence-corrected chi connectivity index (χ2v) is 7.12. The van der Waals surface area contributed by atoms with Crippen LogP contribution in [0.2, 0.25) is 0 Å². The quantitative estimate of drug-likeness (QED) is 0.641. The van der Waals surface area contributed by atoms with Crippen molar-refractivity contribution in [1.29, 1.82) is 0 Å². The average Bonchev–Trinajstić information content (AvgIpc) is 2.87. The van der Waals surface area contributed by atoms with Gasteiger partial charge in [-0.2, -0.15) is 0 Å². The van der Waals surface area contributed by atoms with Crippen molar-refractivity contribution >= 4 is 27.3 Å². The predicted octanol–water partition coefficient (Wildman–Crippen LogP) is 5.05. The van der Waals surface area contributed by atoms with E-state index in [0.717, 1.165) is 37.9 Å².